The third-order valence-corrected chi connectivity index (χ3v) is 8.61. The number of carbonyl (C=O) groups is 3. The molecule has 0 unspecified atom stereocenters. The van der Waals surface area contributed by atoms with Crippen LogP contribution in [0.1, 0.15) is 37.6 Å². The number of rotatable bonds is 6. The van der Waals surface area contributed by atoms with Crippen LogP contribution in [0, 0.1) is 25.2 Å². The molecular formula is C31H20N4O4S2. The van der Waals surface area contributed by atoms with Crippen LogP contribution in [0.25, 0.3) is 16.3 Å². The number of hydrogen-bond acceptors (Lipinski definition) is 8. The van der Waals surface area contributed by atoms with Crippen molar-refractivity contribution < 1.29 is 18.8 Å². The molecule has 0 aliphatic carbocycles. The fourth-order valence-electron chi connectivity index (χ4n) is 4.36. The Labute approximate surface area is 242 Å². The lowest BCUT2D eigenvalue weighted by Crippen LogP contribution is -2.29. The van der Waals surface area contributed by atoms with E-state index in [2.05, 4.69) is 10.3 Å². The molecule has 0 saturated carbocycles. The van der Waals surface area contributed by atoms with Crippen LogP contribution in [0.4, 0.5) is 11.4 Å². The lowest BCUT2D eigenvalue weighted by Gasteiger charge is -2.13. The van der Waals surface area contributed by atoms with Gasteiger partial charge in [-0.2, -0.15) is 5.26 Å². The lowest BCUT2D eigenvalue weighted by atomic mass is 10.1. The van der Waals surface area contributed by atoms with Crippen molar-refractivity contribution in [2.45, 2.75) is 23.3 Å². The van der Waals surface area contributed by atoms with Crippen molar-refractivity contribution in [1.82, 2.24) is 4.98 Å². The van der Waals surface area contributed by atoms with E-state index in [1.165, 1.54) is 34.1 Å². The molecule has 0 fully saturated rings. The molecule has 3 heterocycles. The van der Waals surface area contributed by atoms with Gasteiger partial charge < -0.3 is 9.73 Å². The fraction of sp³-hybridized carbons (Fsp3) is 0.0645. The summed E-state index contributed by atoms with van der Waals surface area (Å²) in [5.74, 6) is -0.867. The highest BCUT2D eigenvalue weighted by Gasteiger charge is 2.36. The number of fused-ring (bicyclic) bond motifs is 2. The molecule has 0 spiro atoms. The highest BCUT2D eigenvalue weighted by Crippen LogP contribution is 2.38. The third-order valence-electron chi connectivity index (χ3n) is 6.61. The molecule has 0 bridgehead atoms. The zero-order valence-electron chi connectivity index (χ0n) is 21.8. The van der Waals surface area contributed by atoms with E-state index < -0.39 is 5.91 Å². The molecular weight excluding hydrogens is 556 g/mol. The Morgan fingerprint density at radius 1 is 1.00 bits per heavy atom. The van der Waals surface area contributed by atoms with Crippen LogP contribution in [-0.4, -0.2) is 22.7 Å². The van der Waals surface area contributed by atoms with Crippen molar-refractivity contribution in [2.24, 2.45) is 0 Å². The van der Waals surface area contributed by atoms with E-state index in [1.807, 2.05) is 32.0 Å². The molecule has 3 aromatic carbocycles. The summed E-state index contributed by atoms with van der Waals surface area (Å²) in [4.78, 5) is 44.2. The largest absolute Gasteiger partial charge is 0.450 e. The van der Waals surface area contributed by atoms with Crippen LogP contribution < -0.4 is 10.2 Å². The number of amides is 3. The smallest absolute Gasteiger partial charge is 0.266 e. The number of thiazole rings is 1. The van der Waals surface area contributed by atoms with E-state index in [0.717, 1.165) is 21.3 Å². The summed E-state index contributed by atoms with van der Waals surface area (Å²) < 4.78 is 7.35. The highest BCUT2D eigenvalue weighted by atomic mass is 32.2. The van der Waals surface area contributed by atoms with Gasteiger partial charge in [-0.05, 0) is 91.3 Å². The zero-order chi connectivity index (χ0) is 28.7. The Hall–Kier alpha value is -4.98. The number of hydrogen-bond donors (Lipinski definition) is 1. The molecule has 200 valence electrons. The summed E-state index contributed by atoms with van der Waals surface area (Å²) in [7, 11) is 0. The van der Waals surface area contributed by atoms with Crippen molar-refractivity contribution in [1.29, 1.82) is 5.26 Å². The van der Waals surface area contributed by atoms with Crippen molar-refractivity contribution in [3.8, 4) is 6.07 Å². The summed E-state index contributed by atoms with van der Waals surface area (Å²) in [6.07, 6.45) is 1.40. The van der Waals surface area contributed by atoms with Gasteiger partial charge in [0.15, 0.2) is 9.43 Å². The predicted molar refractivity (Wildman–Crippen MR) is 158 cm³/mol. The Balaban J connectivity index is 1.18. The Morgan fingerprint density at radius 2 is 1.76 bits per heavy atom. The summed E-state index contributed by atoms with van der Waals surface area (Å²) in [6, 6.07) is 22.9. The number of carbonyl (C=O) groups excluding carboxylic acids is 3. The summed E-state index contributed by atoms with van der Waals surface area (Å²) in [5, 5.41) is 12.8. The maximum absolute atomic E-state index is 12.9. The SMILES string of the molecule is Cc1ccc(NC(=O)/C(C#N)=C/c2ccc(Sc3nc4ccc(N5C(=O)c6ccccc6C5=O)cc4s3)o2)cc1C. The van der Waals surface area contributed by atoms with Gasteiger partial charge in [0.1, 0.15) is 17.4 Å². The number of nitrogens with zero attached hydrogens (tertiary/aromatic N) is 3. The first-order chi connectivity index (χ1) is 19.8. The summed E-state index contributed by atoms with van der Waals surface area (Å²) in [5.41, 5.74) is 4.65. The van der Waals surface area contributed by atoms with Crippen molar-refractivity contribution in [3.63, 3.8) is 0 Å². The molecule has 10 heteroatoms. The van der Waals surface area contributed by atoms with Crippen molar-refractivity contribution in [3.05, 3.63) is 106 Å². The molecule has 1 aliphatic heterocycles. The minimum absolute atomic E-state index is 0.0881. The minimum Gasteiger partial charge on any atom is -0.450 e. The van der Waals surface area contributed by atoms with Gasteiger partial charge in [-0.15, -0.1) is 11.3 Å². The van der Waals surface area contributed by atoms with Gasteiger partial charge in [0.25, 0.3) is 17.7 Å². The minimum atomic E-state index is -0.526. The van der Waals surface area contributed by atoms with Gasteiger partial charge in [-0.25, -0.2) is 9.88 Å². The average Bonchev–Trinajstić information content (AvgIpc) is 3.65. The molecule has 1 aliphatic rings. The number of aromatic nitrogens is 1. The molecule has 41 heavy (non-hydrogen) atoms. The Kier molecular flexibility index (Phi) is 6.75. The first-order valence-corrected chi connectivity index (χ1v) is 14.1. The molecule has 0 atom stereocenters. The number of anilines is 2. The summed E-state index contributed by atoms with van der Waals surface area (Å²) >= 11 is 2.69. The number of imide groups is 1. The summed E-state index contributed by atoms with van der Waals surface area (Å²) in [6.45, 7) is 3.94. The van der Waals surface area contributed by atoms with Crippen LogP contribution in [-0.2, 0) is 4.79 Å². The second-order valence-corrected chi connectivity index (χ2v) is 11.6. The molecule has 2 aromatic heterocycles. The van der Waals surface area contributed by atoms with Gasteiger partial charge in [-0.3, -0.25) is 14.4 Å². The van der Waals surface area contributed by atoms with Crippen LogP contribution in [0.3, 0.4) is 0 Å². The number of nitriles is 1. The lowest BCUT2D eigenvalue weighted by molar-refractivity contribution is -0.112. The van der Waals surface area contributed by atoms with E-state index >= 15 is 0 Å². The maximum Gasteiger partial charge on any atom is 0.266 e. The molecule has 5 aromatic rings. The number of benzene rings is 3. The monoisotopic (exact) mass is 576 g/mol. The van der Waals surface area contributed by atoms with Gasteiger partial charge >= 0.3 is 0 Å². The molecule has 6 rings (SSSR count). The molecule has 3 amide bonds. The second-order valence-electron chi connectivity index (χ2n) is 9.30. The van der Waals surface area contributed by atoms with E-state index in [9.17, 15) is 19.6 Å². The average molecular weight is 577 g/mol. The fourth-order valence-corrected chi connectivity index (χ4v) is 6.36. The predicted octanol–water partition coefficient (Wildman–Crippen LogP) is 7.00. The van der Waals surface area contributed by atoms with Gasteiger partial charge in [0, 0.05) is 11.8 Å². The number of aryl methyl sites for hydroxylation is 2. The molecule has 0 saturated heterocycles. The highest BCUT2D eigenvalue weighted by molar-refractivity contribution is 8.01. The van der Waals surface area contributed by atoms with E-state index in [0.29, 0.717) is 37.7 Å². The van der Waals surface area contributed by atoms with Crippen molar-refractivity contribution in [2.75, 3.05) is 10.2 Å². The van der Waals surface area contributed by atoms with Gasteiger partial charge in [0.2, 0.25) is 0 Å². The molecule has 8 nitrogen and oxygen atoms in total. The van der Waals surface area contributed by atoms with E-state index in [4.69, 9.17) is 4.42 Å². The number of furan rings is 1. The van der Waals surface area contributed by atoms with Crippen LogP contribution >= 0.6 is 23.1 Å². The van der Waals surface area contributed by atoms with Crippen LogP contribution in [0.5, 0.6) is 0 Å². The molecule has 1 N–H and O–H groups in total. The van der Waals surface area contributed by atoms with Gasteiger partial charge in [0.05, 0.1) is 27.0 Å². The normalized spacial score (nSPS) is 13.0. The van der Waals surface area contributed by atoms with Crippen LogP contribution in [0.2, 0.25) is 0 Å². The maximum atomic E-state index is 12.9. The van der Waals surface area contributed by atoms with E-state index in [-0.39, 0.29) is 17.4 Å². The van der Waals surface area contributed by atoms with E-state index in [1.54, 1.807) is 60.7 Å². The standard InChI is InChI=1S/C31H20N4O4S2/c1-17-7-8-20(13-18(17)2)33-28(36)19(16-32)14-22-10-12-27(39-22)41-31-34-25-11-9-21(15-26(25)40-31)35-29(37)23-5-3-4-6-24(23)30(35)38/h3-15H,1-2H3,(H,33,36)/b19-14+. The Morgan fingerprint density at radius 3 is 2.46 bits per heavy atom. The van der Waals surface area contributed by atoms with Crippen molar-refractivity contribution >= 4 is 68.5 Å². The third kappa shape index (κ3) is 5.04. The zero-order valence-corrected chi connectivity index (χ0v) is 23.4. The first-order valence-electron chi connectivity index (χ1n) is 12.5. The topological polar surface area (TPSA) is 116 Å². The van der Waals surface area contributed by atoms with Crippen LogP contribution in [0.15, 0.2) is 92.2 Å². The van der Waals surface area contributed by atoms with Gasteiger partial charge in [-0.1, -0.05) is 18.2 Å². The number of nitrogens with one attached hydrogen (secondary N) is 1. The first kappa shape index (κ1) is 26.3. The molecule has 0 radical (unpaired) electrons. The Bertz CT molecular complexity index is 1930. The quantitative estimate of drug-likeness (QED) is 0.131. The second kappa shape index (κ2) is 10.5.